The molecular weight excluding hydrogens is 360 g/mol. The highest BCUT2D eigenvalue weighted by atomic mass is 79.9. The van der Waals surface area contributed by atoms with Gasteiger partial charge in [0.15, 0.2) is 0 Å². The third kappa shape index (κ3) is 3.22. The topological polar surface area (TPSA) is 80.5 Å². The Balaban J connectivity index is 2.38. The summed E-state index contributed by atoms with van der Waals surface area (Å²) in [5, 5.41) is 10.6. The minimum absolute atomic E-state index is 0.0907. The average molecular weight is 371 g/mol. The summed E-state index contributed by atoms with van der Waals surface area (Å²) >= 11 is 3.23. The zero-order valence-electron chi connectivity index (χ0n) is 10.9. The van der Waals surface area contributed by atoms with Crippen molar-refractivity contribution in [2.75, 3.05) is 11.4 Å². The summed E-state index contributed by atoms with van der Waals surface area (Å²) in [5.74, 6) is 0. The van der Waals surface area contributed by atoms with Crippen LogP contribution in [0.5, 0.6) is 0 Å². The van der Waals surface area contributed by atoms with Crippen LogP contribution in [-0.4, -0.2) is 20.4 Å². The maximum atomic E-state index is 12.5. The Bertz CT molecular complexity index is 775. The summed E-state index contributed by atoms with van der Waals surface area (Å²) < 4.78 is 26.7. The quantitative estimate of drug-likeness (QED) is 0.611. The van der Waals surface area contributed by atoms with Crippen molar-refractivity contribution in [1.29, 1.82) is 0 Å². The first kappa shape index (κ1) is 15.5. The SMILES string of the molecule is CN(c1ccc([N+](=O)[O-])cc1)S(=O)(=O)c1cccc(Br)c1. The minimum atomic E-state index is -3.71. The van der Waals surface area contributed by atoms with E-state index in [9.17, 15) is 18.5 Å². The van der Waals surface area contributed by atoms with Crippen molar-refractivity contribution in [2.24, 2.45) is 0 Å². The van der Waals surface area contributed by atoms with Gasteiger partial charge in [-0.05, 0) is 30.3 Å². The van der Waals surface area contributed by atoms with Gasteiger partial charge in [-0.3, -0.25) is 14.4 Å². The molecule has 0 saturated carbocycles. The number of non-ortho nitro benzene ring substituents is 1. The van der Waals surface area contributed by atoms with Gasteiger partial charge in [-0.2, -0.15) is 0 Å². The number of nitrogens with zero attached hydrogens (tertiary/aromatic N) is 2. The highest BCUT2D eigenvalue weighted by Crippen LogP contribution is 2.25. The summed E-state index contributed by atoms with van der Waals surface area (Å²) in [6.45, 7) is 0. The fourth-order valence-corrected chi connectivity index (χ4v) is 3.50. The lowest BCUT2D eigenvalue weighted by atomic mass is 10.3. The Morgan fingerprint density at radius 1 is 1.14 bits per heavy atom. The van der Waals surface area contributed by atoms with Gasteiger partial charge < -0.3 is 0 Å². The molecule has 110 valence electrons. The standard InChI is InChI=1S/C13H11BrN2O4S/c1-15(11-5-7-12(8-6-11)16(17)18)21(19,20)13-4-2-3-10(14)9-13/h2-9H,1H3. The van der Waals surface area contributed by atoms with E-state index in [0.29, 0.717) is 10.2 Å². The van der Waals surface area contributed by atoms with Gasteiger partial charge in [-0.25, -0.2) is 8.42 Å². The number of nitro groups is 1. The predicted octanol–water partition coefficient (Wildman–Crippen LogP) is 3.18. The first-order valence-corrected chi connectivity index (χ1v) is 8.04. The van der Waals surface area contributed by atoms with Crippen molar-refractivity contribution in [3.8, 4) is 0 Å². The van der Waals surface area contributed by atoms with E-state index in [2.05, 4.69) is 15.9 Å². The number of halogens is 1. The number of sulfonamides is 1. The van der Waals surface area contributed by atoms with Gasteiger partial charge in [0.05, 0.1) is 15.5 Å². The fourth-order valence-electron chi connectivity index (χ4n) is 1.71. The lowest BCUT2D eigenvalue weighted by molar-refractivity contribution is -0.384. The van der Waals surface area contributed by atoms with E-state index in [1.165, 1.54) is 43.4 Å². The summed E-state index contributed by atoms with van der Waals surface area (Å²) in [4.78, 5) is 10.2. The lowest BCUT2D eigenvalue weighted by Gasteiger charge is -2.19. The van der Waals surface area contributed by atoms with Crippen LogP contribution < -0.4 is 4.31 Å². The Morgan fingerprint density at radius 3 is 2.29 bits per heavy atom. The second-order valence-electron chi connectivity index (χ2n) is 4.20. The van der Waals surface area contributed by atoms with Crippen molar-refractivity contribution in [1.82, 2.24) is 0 Å². The molecule has 8 heteroatoms. The van der Waals surface area contributed by atoms with E-state index >= 15 is 0 Å². The molecule has 21 heavy (non-hydrogen) atoms. The van der Waals surface area contributed by atoms with Crippen LogP contribution >= 0.6 is 15.9 Å². The van der Waals surface area contributed by atoms with Crippen molar-refractivity contribution in [3.05, 3.63) is 63.1 Å². The van der Waals surface area contributed by atoms with Crippen LogP contribution in [-0.2, 0) is 10.0 Å². The molecule has 0 atom stereocenters. The Hall–Kier alpha value is -1.93. The molecular formula is C13H11BrN2O4S. The van der Waals surface area contributed by atoms with Gasteiger partial charge >= 0.3 is 0 Å². The van der Waals surface area contributed by atoms with Crippen LogP contribution in [0, 0.1) is 10.1 Å². The van der Waals surface area contributed by atoms with Gasteiger partial charge in [0.25, 0.3) is 15.7 Å². The van der Waals surface area contributed by atoms with E-state index in [-0.39, 0.29) is 10.6 Å². The summed E-state index contributed by atoms with van der Waals surface area (Å²) in [6, 6.07) is 11.7. The monoisotopic (exact) mass is 370 g/mol. The van der Waals surface area contributed by atoms with Crippen LogP contribution in [0.4, 0.5) is 11.4 Å². The van der Waals surface area contributed by atoms with Gasteiger partial charge in [0.2, 0.25) is 0 Å². The maximum absolute atomic E-state index is 12.5. The normalized spacial score (nSPS) is 11.1. The molecule has 0 unspecified atom stereocenters. The van der Waals surface area contributed by atoms with Gasteiger partial charge in [0, 0.05) is 23.7 Å². The van der Waals surface area contributed by atoms with E-state index in [1.807, 2.05) is 0 Å². The average Bonchev–Trinajstić information content (AvgIpc) is 2.46. The molecule has 0 fully saturated rings. The number of hydrogen-bond donors (Lipinski definition) is 0. The lowest BCUT2D eigenvalue weighted by Crippen LogP contribution is -2.26. The van der Waals surface area contributed by atoms with Gasteiger partial charge in [0.1, 0.15) is 0 Å². The molecule has 0 bridgehead atoms. The first-order valence-electron chi connectivity index (χ1n) is 5.81. The summed E-state index contributed by atoms with van der Waals surface area (Å²) in [7, 11) is -2.31. The second kappa shape index (κ2) is 5.82. The molecule has 2 aromatic rings. The minimum Gasteiger partial charge on any atom is -0.269 e. The van der Waals surface area contributed by atoms with E-state index in [4.69, 9.17) is 0 Å². The summed E-state index contributed by atoms with van der Waals surface area (Å²) in [5.41, 5.74) is 0.257. The highest BCUT2D eigenvalue weighted by Gasteiger charge is 2.21. The highest BCUT2D eigenvalue weighted by molar-refractivity contribution is 9.10. The van der Waals surface area contributed by atoms with E-state index < -0.39 is 14.9 Å². The largest absolute Gasteiger partial charge is 0.269 e. The predicted molar refractivity (Wildman–Crippen MR) is 82.8 cm³/mol. The van der Waals surface area contributed by atoms with Crippen molar-refractivity contribution >= 4 is 37.3 Å². The number of benzene rings is 2. The molecule has 6 nitrogen and oxygen atoms in total. The molecule has 0 aliphatic heterocycles. The molecule has 0 aliphatic carbocycles. The van der Waals surface area contributed by atoms with Crippen molar-refractivity contribution in [3.63, 3.8) is 0 Å². The molecule has 0 heterocycles. The number of rotatable bonds is 4. The Morgan fingerprint density at radius 2 is 1.76 bits per heavy atom. The third-order valence-corrected chi connectivity index (χ3v) is 5.15. The smallest absolute Gasteiger partial charge is 0.269 e. The molecule has 0 amide bonds. The zero-order valence-corrected chi connectivity index (χ0v) is 13.3. The van der Waals surface area contributed by atoms with Gasteiger partial charge in [-0.1, -0.05) is 22.0 Å². The van der Waals surface area contributed by atoms with E-state index in [0.717, 1.165) is 4.31 Å². The molecule has 0 spiro atoms. The molecule has 2 aromatic carbocycles. The Labute approximate surface area is 130 Å². The molecule has 0 aromatic heterocycles. The fraction of sp³-hybridized carbons (Fsp3) is 0.0769. The number of nitro benzene ring substituents is 1. The number of anilines is 1. The number of hydrogen-bond acceptors (Lipinski definition) is 4. The molecule has 2 rings (SSSR count). The molecule has 0 radical (unpaired) electrons. The summed E-state index contributed by atoms with van der Waals surface area (Å²) in [6.07, 6.45) is 0. The van der Waals surface area contributed by atoms with Crippen molar-refractivity contribution in [2.45, 2.75) is 4.90 Å². The van der Waals surface area contributed by atoms with Crippen LogP contribution in [0.1, 0.15) is 0 Å². The van der Waals surface area contributed by atoms with Crippen LogP contribution in [0.15, 0.2) is 57.9 Å². The van der Waals surface area contributed by atoms with Crippen LogP contribution in [0.2, 0.25) is 0 Å². The van der Waals surface area contributed by atoms with Crippen LogP contribution in [0.3, 0.4) is 0 Å². The maximum Gasteiger partial charge on any atom is 0.269 e. The Kier molecular flexibility index (Phi) is 4.29. The zero-order chi connectivity index (χ0) is 15.6. The second-order valence-corrected chi connectivity index (χ2v) is 7.09. The van der Waals surface area contributed by atoms with Gasteiger partial charge in [-0.15, -0.1) is 0 Å². The first-order chi connectivity index (χ1) is 9.82. The van der Waals surface area contributed by atoms with E-state index in [1.54, 1.807) is 12.1 Å². The molecule has 0 aliphatic rings. The van der Waals surface area contributed by atoms with Crippen LogP contribution in [0.25, 0.3) is 0 Å². The van der Waals surface area contributed by atoms with Crippen molar-refractivity contribution < 1.29 is 13.3 Å². The molecule has 0 N–H and O–H groups in total. The molecule has 0 saturated heterocycles. The third-order valence-electron chi connectivity index (χ3n) is 2.88.